The standard InChI is InChI=1S/C13H23N5O/c1-10-9-15-13(17-14)16-12(10)18(7-8-19)11-5-3-2-4-6-11/h9,11,19H,2-8,14H2,1H3,(H,15,16,17). The Labute approximate surface area is 114 Å². The minimum absolute atomic E-state index is 0.130. The van der Waals surface area contributed by atoms with Gasteiger partial charge in [-0.15, -0.1) is 0 Å². The number of nitrogens with two attached hydrogens (primary N) is 1. The van der Waals surface area contributed by atoms with E-state index in [1.807, 2.05) is 6.92 Å². The molecule has 1 heterocycles. The van der Waals surface area contributed by atoms with E-state index in [9.17, 15) is 5.11 Å². The van der Waals surface area contributed by atoms with Crippen LogP contribution in [-0.4, -0.2) is 34.3 Å². The van der Waals surface area contributed by atoms with Crippen molar-refractivity contribution < 1.29 is 5.11 Å². The number of aliphatic hydroxyl groups is 1. The lowest BCUT2D eigenvalue weighted by Crippen LogP contribution is -2.40. The highest BCUT2D eigenvalue weighted by Gasteiger charge is 2.23. The maximum absolute atomic E-state index is 9.32. The van der Waals surface area contributed by atoms with E-state index in [4.69, 9.17) is 5.84 Å². The number of aliphatic hydroxyl groups excluding tert-OH is 1. The molecule has 0 radical (unpaired) electrons. The zero-order valence-corrected chi connectivity index (χ0v) is 11.5. The molecule has 1 saturated carbocycles. The fraction of sp³-hybridized carbons (Fsp3) is 0.692. The number of hydrazine groups is 1. The van der Waals surface area contributed by atoms with Gasteiger partial charge in [0.15, 0.2) is 0 Å². The summed E-state index contributed by atoms with van der Waals surface area (Å²) >= 11 is 0. The fourth-order valence-electron chi connectivity index (χ4n) is 2.76. The van der Waals surface area contributed by atoms with Crippen LogP contribution in [0.15, 0.2) is 6.20 Å². The Morgan fingerprint density at radius 1 is 1.42 bits per heavy atom. The van der Waals surface area contributed by atoms with Crippen LogP contribution >= 0.6 is 0 Å². The van der Waals surface area contributed by atoms with Gasteiger partial charge in [0, 0.05) is 24.3 Å². The first-order valence-corrected chi connectivity index (χ1v) is 6.94. The molecule has 1 aromatic heterocycles. The van der Waals surface area contributed by atoms with Gasteiger partial charge in [0.1, 0.15) is 5.82 Å². The molecule has 0 amide bonds. The van der Waals surface area contributed by atoms with Gasteiger partial charge in [-0.05, 0) is 19.8 Å². The molecule has 1 aliphatic rings. The first-order valence-electron chi connectivity index (χ1n) is 6.94. The minimum Gasteiger partial charge on any atom is -0.395 e. The number of aromatic nitrogens is 2. The number of nitrogen functional groups attached to an aromatic ring is 1. The molecule has 6 heteroatoms. The van der Waals surface area contributed by atoms with Gasteiger partial charge < -0.3 is 10.0 Å². The Bertz CT molecular complexity index is 406. The van der Waals surface area contributed by atoms with Crippen molar-refractivity contribution in [2.45, 2.75) is 45.1 Å². The number of aryl methyl sites for hydroxylation is 1. The van der Waals surface area contributed by atoms with Crippen molar-refractivity contribution >= 4 is 11.8 Å². The maximum atomic E-state index is 9.32. The van der Waals surface area contributed by atoms with Crippen LogP contribution in [0, 0.1) is 6.92 Å². The lowest BCUT2D eigenvalue weighted by atomic mass is 9.94. The summed E-state index contributed by atoms with van der Waals surface area (Å²) < 4.78 is 0. The van der Waals surface area contributed by atoms with Crippen LogP contribution in [0.5, 0.6) is 0 Å². The molecule has 0 bridgehead atoms. The number of hydrogen-bond donors (Lipinski definition) is 3. The number of anilines is 2. The Balaban J connectivity index is 2.26. The molecule has 0 aliphatic heterocycles. The first-order chi connectivity index (χ1) is 9.26. The molecular formula is C13H23N5O. The van der Waals surface area contributed by atoms with Crippen molar-refractivity contribution in [3.63, 3.8) is 0 Å². The average molecular weight is 265 g/mol. The molecule has 106 valence electrons. The summed E-state index contributed by atoms with van der Waals surface area (Å²) in [5.41, 5.74) is 3.50. The zero-order valence-electron chi connectivity index (χ0n) is 11.5. The van der Waals surface area contributed by atoms with Crippen LogP contribution in [-0.2, 0) is 0 Å². The predicted molar refractivity (Wildman–Crippen MR) is 75.9 cm³/mol. The molecule has 0 spiro atoms. The van der Waals surface area contributed by atoms with Crippen molar-refractivity contribution in [2.75, 3.05) is 23.5 Å². The summed E-state index contributed by atoms with van der Waals surface area (Å²) in [6, 6.07) is 0.458. The quantitative estimate of drug-likeness (QED) is 0.548. The van der Waals surface area contributed by atoms with E-state index in [1.165, 1.54) is 19.3 Å². The van der Waals surface area contributed by atoms with E-state index in [1.54, 1.807) is 6.20 Å². The highest BCUT2D eigenvalue weighted by Crippen LogP contribution is 2.28. The Hall–Kier alpha value is -1.40. The monoisotopic (exact) mass is 265 g/mol. The molecule has 1 aliphatic carbocycles. The van der Waals surface area contributed by atoms with Gasteiger partial charge in [-0.1, -0.05) is 19.3 Å². The highest BCUT2D eigenvalue weighted by atomic mass is 16.3. The summed E-state index contributed by atoms with van der Waals surface area (Å²) in [5.74, 6) is 6.67. The van der Waals surface area contributed by atoms with E-state index < -0.39 is 0 Å². The summed E-state index contributed by atoms with van der Waals surface area (Å²) in [5, 5.41) is 9.32. The van der Waals surface area contributed by atoms with E-state index >= 15 is 0 Å². The molecular weight excluding hydrogens is 242 g/mol. The van der Waals surface area contributed by atoms with Crippen LogP contribution in [0.2, 0.25) is 0 Å². The lowest BCUT2D eigenvalue weighted by molar-refractivity contribution is 0.289. The number of rotatable bonds is 5. The van der Waals surface area contributed by atoms with Gasteiger partial charge in [0.2, 0.25) is 5.95 Å². The molecule has 4 N–H and O–H groups in total. The van der Waals surface area contributed by atoms with Crippen LogP contribution in [0.3, 0.4) is 0 Å². The van der Waals surface area contributed by atoms with Crippen molar-refractivity contribution in [1.82, 2.24) is 9.97 Å². The van der Waals surface area contributed by atoms with Crippen molar-refractivity contribution in [1.29, 1.82) is 0 Å². The largest absolute Gasteiger partial charge is 0.395 e. The second-order valence-corrected chi connectivity index (χ2v) is 5.05. The number of hydrogen-bond acceptors (Lipinski definition) is 6. The van der Waals surface area contributed by atoms with Crippen molar-refractivity contribution in [3.8, 4) is 0 Å². The minimum atomic E-state index is 0.130. The summed E-state index contributed by atoms with van der Waals surface area (Å²) in [7, 11) is 0. The third kappa shape index (κ3) is 3.33. The zero-order chi connectivity index (χ0) is 13.7. The predicted octanol–water partition coefficient (Wildman–Crippen LogP) is 1.20. The molecule has 6 nitrogen and oxygen atoms in total. The molecule has 0 saturated heterocycles. The average Bonchev–Trinajstić information content (AvgIpc) is 2.47. The van der Waals surface area contributed by atoms with E-state index in [0.29, 0.717) is 18.5 Å². The van der Waals surface area contributed by atoms with Crippen LogP contribution in [0.4, 0.5) is 11.8 Å². The second kappa shape index (κ2) is 6.68. The van der Waals surface area contributed by atoms with E-state index in [2.05, 4.69) is 20.3 Å². The van der Waals surface area contributed by atoms with Crippen LogP contribution in [0.1, 0.15) is 37.7 Å². The molecule has 2 rings (SSSR count). The first kappa shape index (κ1) is 14.0. The smallest absolute Gasteiger partial charge is 0.239 e. The third-order valence-corrected chi connectivity index (χ3v) is 3.70. The van der Waals surface area contributed by atoms with Crippen molar-refractivity contribution in [2.24, 2.45) is 5.84 Å². The Kier molecular flexibility index (Phi) is 4.93. The van der Waals surface area contributed by atoms with Gasteiger partial charge in [-0.25, -0.2) is 10.8 Å². The molecule has 0 unspecified atom stereocenters. The third-order valence-electron chi connectivity index (χ3n) is 3.70. The van der Waals surface area contributed by atoms with Gasteiger partial charge in [-0.3, -0.25) is 5.43 Å². The Morgan fingerprint density at radius 2 is 2.16 bits per heavy atom. The molecule has 1 fully saturated rings. The number of nitrogens with one attached hydrogen (secondary N) is 1. The van der Waals surface area contributed by atoms with Crippen LogP contribution < -0.4 is 16.2 Å². The summed E-state index contributed by atoms with van der Waals surface area (Å²) in [4.78, 5) is 10.8. The van der Waals surface area contributed by atoms with Crippen LogP contribution in [0.25, 0.3) is 0 Å². The molecule has 0 atom stereocenters. The SMILES string of the molecule is Cc1cnc(NN)nc1N(CCO)C1CCCCC1. The van der Waals surface area contributed by atoms with Crippen molar-refractivity contribution in [3.05, 3.63) is 11.8 Å². The highest BCUT2D eigenvalue weighted by molar-refractivity contribution is 5.49. The van der Waals surface area contributed by atoms with Gasteiger partial charge in [0.05, 0.1) is 6.61 Å². The normalized spacial score (nSPS) is 16.4. The lowest BCUT2D eigenvalue weighted by Gasteiger charge is -2.35. The van der Waals surface area contributed by atoms with Gasteiger partial charge in [-0.2, -0.15) is 4.98 Å². The summed E-state index contributed by atoms with van der Waals surface area (Å²) in [6.07, 6.45) is 7.90. The summed E-state index contributed by atoms with van der Waals surface area (Å²) in [6.45, 7) is 2.72. The molecule has 19 heavy (non-hydrogen) atoms. The number of nitrogens with zero attached hydrogens (tertiary/aromatic N) is 3. The van der Waals surface area contributed by atoms with E-state index in [-0.39, 0.29) is 6.61 Å². The Morgan fingerprint density at radius 3 is 2.79 bits per heavy atom. The molecule has 1 aromatic rings. The van der Waals surface area contributed by atoms with Gasteiger partial charge in [0.25, 0.3) is 0 Å². The molecule has 0 aromatic carbocycles. The fourth-order valence-corrected chi connectivity index (χ4v) is 2.76. The maximum Gasteiger partial charge on any atom is 0.239 e. The topological polar surface area (TPSA) is 87.3 Å². The van der Waals surface area contributed by atoms with E-state index in [0.717, 1.165) is 24.2 Å². The van der Waals surface area contributed by atoms with Gasteiger partial charge >= 0.3 is 0 Å². The second-order valence-electron chi connectivity index (χ2n) is 5.05.